The molecule has 0 radical (unpaired) electrons. The smallest absolute Gasteiger partial charge is 0.305 e. The molecular formula is C81H153NO5. The quantitative estimate of drug-likeness (QED) is 0.0320. The topological polar surface area (TPSA) is 95.9 Å². The van der Waals surface area contributed by atoms with Gasteiger partial charge in [-0.15, -0.1) is 0 Å². The summed E-state index contributed by atoms with van der Waals surface area (Å²) in [6, 6.07) is -0.625. The fraction of sp³-hybridized carbons (Fsp3) is 0.877. The minimum absolute atomic E-state index is 0.0138. The van der Waals surface area contributed by atoms with Crippen LogP contribution >= 0.6 is 0 Å². The highest BCUT2D eigenvalue weighted by molar-refractivity contribution is 5.76. The van der Waals surface area contributed by atoms with Crippen LogP contribution in [0.5, 0.6) is 0 Å². The van der Waals surface area contributed by atoms with E-state index in [1.807, 2.05) is 6.08 Å². The van der Waals surface area contributed by atoms with Crippen LogP contribution in [0.25, 0.3) is 0 Å². The van der Waals surface area contributed by atoms with Gasteiger partial charge in [0, 0.05) is 12.8 Å². The van der Waals surface area contributed by atoms with Gasteiger partial charge in [-0.2, -0.15) is 0 Å². The Balaban J connectivity index is 3.34. The number of allylic oxidation sites excluding steroid dienone is 7. The third-order valence-electron chi connectivity index (χ3n) is 18.3. The molecule has 2 atom stereocenters. The van der Waals surface area contributed by atoms with Crippen molar-refractivity contribution in [1.82, 2.24) is 5.32 Å². The van der Waals surface area contributed by atoms with Gasteiger partial charge in [0.1, 0.15) is 0 Å². The van der Waals surface area contributed by atoms with Crippen molar-refractivity contribution in [2.75, 3.05) is 13.2 Å². The summed E-state index contributed by atoms with van der Waals surface area (Å²) in [5.74, 6) is -0.0474. The second-order valence-corrected chi connectivity index (χ2v) is 27.0. The monoisotopic (exact) mass is 1220 g/mol. The third kappa shape index (κ3) is 72.8. The van der Waals surface area contributed by atoms with Crippen LogP contribution in [0.1, 0.15) is 431 Å². The number of ether oxygens (including phenoxy) is 1. The molecule has 0 aliphatic carbocycles. The lowest BCUT2D eigenvalue weighted by atomic mass is 10.0. The first-order valence-electron chi connectivity index (χ1n) is 39.4. The maximum Gasteiger partial charge on any atom is 0.305 e. The van der Waals surface area contributed by atoms with Gasteiger partial charge in [0.15, 0.2) is 0 Å². The highest BCUT2D eigenvalue weighted by atomic mass is 16.5. The van der Waals surface area contributed by atoms with E-state index in [1.54, 1.807) is 6.08 Å². The molecule has 0 fully saturated rings. The summed E-state index contributed by atoms with van der Waals surface area (Å²) < 4.78 is 5.51. The molecule has 87 heavy (non-hydrogen) atoms. The van der Waals surface area contributed by atoms with E-state index in [0.717, 1.165) is 51.4 Å². The SMILES string of the molecule is CCCCC/C=C\C/C=C\CCCCCCCCCC(=O)OCCCCCCCCCCCCCCCCCC/C=C\CCCCCCCCCCCCCCCCCCCC(=O)NC(CO)C(O)/C=C/CCCCCCCCCCCCCCCC. The van der Waals surface area contributed by atoms with E-state index < -0.39 is 12.1 Å². The Labute approximate surface area is 544 Å². The summed E-state index contributed by atoms with van der Waals surface area (Å²) in [5, 5.41) is 23.2. The van der Waals surface area contributed by atoms with E-state index in [9.17, 15) is 19.8 Å². The average Bonchev–Trinajstić information content (AvgIpc) is 3.52. The van der Waals surface area contributed by atoms with Crippen LogP contribution in [0.15, 0.2) is 48.6 Å². The largest absolute Gasteiger partial charge is 0.466 e. The third-order valence-corrected chi connectivity index (χ3v) is 18.3. The van der Waals surface area contributed by atoms with Gasteiger partial charge in [0.05, 0.1) is 25.4 Å². The van der Waals surface area contributed by atoms with Gasteiger partial charge in [0.25, 0.3) is 0 Å². The zero-order valence-corrected chi connectivity index (χ0v) is 58.8. The molecule has 0 spiro atoms. The molecule has 3 N–H and O–H groups in total. The van der Waals surface area contributed by atoms with E-state index in [1.165, 1.54) is 353 Å². The summed E-state index contributed by atoms with van der Waals surface area (Å²) in [5.41, 5.74) is 0. The second-order valence-electron chi connectivity index (χ2n) is 27.0. The zero-order chi connectivity index (χ0) is 62.8. The van der Waals surface area contributed by atoms with E-state index in [0.29, 0.717) is 19.4 Å². The molecule has 0 saturated heterocycles. The van der Waals surface area contributed by atoms with E-state index in [-0.39, 0.29) is 18.5 Å². The summed E-state index contributed by atoms with van der Waals surface area (Å²) in [6.45, 7) is 4.91. The van der Waals surface area contributed by atoms with Crippen LogP contribution < -0.4 is 5.32 Å². The standard InChI is InChI=1S/C81H153NO5/c1-3-5-7-9-11-13-15-17-19-42-47-51-55-59-63-67-71-75-81(86)87-76-72-68-64-60-56-52-48-44-41-39-37-35-33-31-29-27-25-23-21-22-24-26-28-30-32-34-36-38-40-43-46-50-54-58-62-66-70-74-80(85)82-78(77-83)79(84)73-69-65-61-57-53-49-45-20-18-16-14-12-10-8-6-4-2/h11,13,17,19,21,23,69,73,78-79,83-84H,3-10,12,14-16,18,20,22,24-68,70-72,74-77H2,1-2H3,(H,82,85)/b13-11-,19-17-,23-21-,73-69+. The highest BCUT2D eigenvalue weighted by Gasteiger charge is 2.18. The van der Waals surface area contributed by atoms with Crippen LogP contribution in [0.3, 0.4) is 0 Å². The van der Waals surface area contributed by atoms with Crippen molar-refractivity contribution in [3.8, 4) is 0 Å². The van der Waals surface area contributed by atoms with Crippen molar-refractivity contribution in [2.24, 2.45) is 0 Å². The number of amides is 1. The maximum atomic E-state index is 12.5. The summed E-state index contributed by atoms with van der Waals surface area (Å²) in [4.78, 5) is 24.6. The second kappa shape index (κ2) is 76.3. The predicted molar refractivity (Wildman–Crippen MR) is 384 cm³/mol. The number of hydrogen-bond acceptors (Lipinski definition) is 5. The molecule has 6 nitrogen and oxygen atoms in total. The molecule has 0 aromatic carbocycles. The first-order valence-corrected chi connectivity index (χ1v) is 39.4. The molecule has 0 aliphatic heterocycles. The lowest BCUT2D eigenvalue weighted by molar-refractivity contribution is -0.143. The minimum Gasteiger partial charge on any atom is -0.466 e. The van der Waals surface area contributed by atoms with Crippen LogP contribution in [0, 0.1) is 0 Å². The van der Waals surface area contributed by atoms with Crippen molar-refractivity contribution in [1.29, 1.82) is 0 Å². The van der Waals surface area contributed by atoms with Crippen LogP contribution in [0.2, 0.25) is 0 Å². The highest BCUT2D eigenvalue weighted by Crippen LogP contribution is 2.19. The number of carbonyl (C=O) groups is 2. The van der Waals surface area contributed by atoms with Crippen molar-refractivity contribution in [2.45, 2.75) is 443 Å². The van der Waals surface area contributed by atoms with E-state index in [2.05, 4.69) is 55.6 Å². The fourth-order valence-corrected chi connectivity index (χ4v) is 12.3. The Morgan fingerprint density at radius 2 is 0.575 bits per heavy atom. The van der Waals surface area contributed by atoms with Crippen molar-refractivity contribution < 1.29 is 24.5 Å². The average molecular weight is 1220 g/mol. The van der Waals surface area contributed by atoms with Crippen LogP contribution in [-0.4, -0.2) is 47.4 Å². The Bertz CT molecular complexity index is 1450. The molecule has 0 saturated carbocycles. The Morgan fingerprint density at radius 3 is 0.908 bits per heavy atom. The minimum atomic E-state index is -0.842. The molecule has 0 aliphatic rings. The molecule has 2 unspecified atom stereocenters. The molecular weight excluding hydrogens is 1070 g/mol. The van der Waals surface area contributed by atoms with Crippen molar-refractivity contribution >= 4 is 11.9 Å². The van der Waals surface area contributed by atoms with Crippen molar-refractivity contribution in [3.63, 3.8) is 0 Å². The van der Waals surface area contributed by atoms with Gasteiger partial charge >= 0.3 is 5.97 Å². The summed E-state index contributed by atoms with van der Waals surface area (Å²) in [6.07, 6.45) is 101. The molecule has 0 aromatic heterocycles. The molecule has 6 heteroatoms. The summed E-state index contributed by atoms with van der Waals surface area (Å²) >= 11 is 0. The van der Waals surface area contributed by atoms with Gasteiger partial charge in [-0.25, -0.2) is 0 Å². The van der Waals surface area contributed by atoms with Crippen LogP contribution in [-0.2, 0) is 14.3 Å². The maximum absolute atomic E-state index is 12.5. The number of esters is 1. The Kier molecular flexibility index (Phi) is 74.4. The number of hydrogen-bond donors (Lipinski definition) is 3. The number of nitrogens with one attached hydrogen (secondary N) is 1. The zero-order valence-electron chi connectivity index (χ0n) is 58.8. The predicted octanol–water partition coefficient (Wildman–Crippen LogP) is 26.0. The lowest BCUT2D eigenvalue weighted by Gasteiger charge is -2.20. The van der Waals surface area contributed by atoms with Crippen molar-refractivity contribution in [3.05, 3.63) is 48.6 Å². The molecule has 0 aromatic rings. The lowest BCUT2D eigenvalue weighted by Crippen LogP contribution is -2.45. The van der Waals surface area contributed by atoms with Gasteiger partial charge in [-0.05, 0) is 89.9 Å². The molecule has 1 amide bonds. The number of aliphatic hydroxyl groups excluding tert-OH is 2. The summed E-state index contributed by atoms with van der Waals surface area (Å²) in [7, 11) is 0. The molecule has 0 heterocycles. The van der Waals surface area contributed by atoms with Crippen LogP contribution in [0.4, 0.5) is 0 Å². The number of rotatable bonds is 74. The number of unbranched alkanes of at least 4 members (excludes halogenated alkanes) is 57. The number of carbonyl (C=O) groups excluding carboxylic acids is 2. The Hall–Kier alpha value is -2.18. The number of aliphatic hydroxyl groups is 2. The van der Waals surface area contributed by atoms with Gasteiger partial charge in [0.2, 0.25) is 5.91 Å². The fourth-order valence-electron chi connectivity index (χ4n) is 12.3. The van der Waals surface area contributed by atoms with Gasteiger partial charge in [-0.1, -0.05) is 377 Å². The molecule has 512 valence electrons. The molecule has 0 bridgehead atoms. The van der Waals surface area contributed by atoms with E-state index >= 15 is 0 Å². The Morgan fingerprint density at radius 1 is 0.322 bits per heavy atom. The van der Waals surface area contributed by atoms with E-state index in [4.69, 9.17) is 4.74 Å². The van der Waals surface area contributed by atoms with Gasteiger partial charge < -0.3 is 20.3 Å². The normalized spacial score (nSPS) is 12.7. The first kappa shape index (κ1) is 84.8. The van der Waals surface area contributed by atoms with Gasteiger partial charge in [-0.3, -0.25) is 9.59 Å². The first-order chi connectivity index (χ1) is 43.0. The molecule has 0 rings (SSSR count).